The molecule has 0 aliphatic heterocycles. The van der Waals surface area contributed by atoms with E-state index >= 15 is 0 Å². The molecule has 1 aromatic rings. The molecule has 0 aliphatic carbocycles. The van der Waals surface area contributed by atoms with Crippen LogP contribution in [0, 0.1) is 0 Å². The zero-order chi connectivity index (χ0) is 14.5. The molecule has 0 aromatic heterocycles. The third-order valence-electron chi connectivity index (χ3n) is 2.62. The summed E-state index contributed by atoms with van der Waals surface area (Å²) in [7, 11) is 0. The fraction of sp³-hybridized carbons (Fsp3) is 0.462. The van der Waals surface area contributed by atoms with Crippen LogP contribution in [-0.4, -0.2) is 23.7 Å². The molecule has 0 heterocycles. The number of hydrogen-bond acceptors (Lipinski definition) is 2. The van der Waals surface area contributed by atoms with Crippen molar-refractivity contribution >= 4 is 5.91 Å². The van der Waals surface area contributed by atoms with E-state index in [4.69, 9.17) is 5.11 Å². The highest BCUT2D eigenvalue weighted by Gasteiger charge is 2.30. The van der Waals surface area contributed by atoms with Crippen molar-refractivity contribution in [1.82, 2.24) is 5.32 Å². The summed E-state index contributed by atoms with van der Waals surface area (Å²) in [4.78, 5) is 11.8. The Kier molecular flexibility index (Phi) is 5.35. The molecule has 3 nitrogen and oxygen atoms in total. The number of carbonyl (C=O) groups excluding carboxylic acids is 1. The summed E-state index contributed by atoms with van der Waals surface area (Å²) in [6.07, 6.45) is -3.36. The van der Waals surface area contributed by atoms with Crippen LogP contribution in [0.15, 0.2) is 24.3 Å². The third kappa shape index (κ3) is 4.90. The second-order valence-electron chi connectivity index (χ2n) is 4.32. The number of benzene rings is 1. The maximum Gasteiger partial charge on any atom is 0.416 e. The van der Waals surface area contributed by atoms with E-state index in [1.165, 1.54) is 12.1 Å². The van der Waals surface area contributed by atoms with Crippen molar-refractivity contribution in [1.29, 1.82) is 0 Å². The number of alkyl halides is 3. The number of hydrogen-bond donors (Lipinski definition) is 2. The second kappa shape index (κ2) is 6.56. The Bertz CT molecular complexity index is 432. The Labute approximate surface area is 109 Å². The number of aliphatic hydroxyl groups excluding tert-OH is 1. The van der Waals surface area contributed by atoms with Gasteiger partial charge in [0.2, 0.25) is 0 Å². The number of amides is 1. The van der Waals surface area contributed by atoms with Crippen LogP contribution >= 0.6 is 0 Å². The van der Waals surface area contributed by atoms with Crippen molar-refractivity contribution in [3.8, 4) is 0 Å². The highest BCUT2D eigenvalue weighted by Crippen LogP contribution is 2.29. The minimum atomic E-state index is -4.46. The fourth-order valence-corrected chi connectivity index (χ4v) is 1.61. The molecule has 1 rings (SSSR count). The molecule has 6 heteroatoms. The van der Waals surface area contributed by atoms with Gasteiger partial charge < -0.3 is 10.4 Å². The monoisotopic (exact) mass is 275 g/mol. The maximum absolute atomic E-state index is 12.5. The molecule has 0 fully saturated rings. The minimum Gasteiger partial charge on any atom is -0.396 e. The SMILES string of the molecule is CC(CCCO)NC(=O)c1cccc(C(F)(F)F)c1. The molecular formula is C13H16F3NO2. The lowest BCUT2D eigenvalue weighted by molar-refractivity contribution is -0.137. The lowest BCUT2D eigenvalue weighted by Crippen LogP contribution is -2.32. The molecule has 0 saturated carbocycles. The minimum absolute atomic E-state index is 0.0176. The van der Waals surface area contributed by atoms with Gasteiger partial charge in [0, 0.05) is 18.2 Å². The largest absolute Gasteiger partial charge is 0.416 e. The van der Waals surface area contributed by atoms with Gasteiger partial charge in [0.25, 0.3) is 5.91 Å². The molecule has 19 heavy (non-hydrogen) atoms. The van der Waals surface area contributed by atoms with E-state index in [0.717, 1.165) is 12.1 Å². The van der Waals surface area contributed by atoms with Gasteiger partial charge in [0.05, 0.1) is 5.56 Å². The summed E-state index contributed by atoms with van der Waals surface area (Å²) in [6, 6.07) is 4.09. The van der Waals surface area contributed by atoms with E-state index in [0.29, 0.717) is 12.8 Å². The molecule has 1 aromatic carbocycles. The topological polar surface area (TPSA) is 49.3 Å². The molecule has 1 amide bonds. The smallest absolute Gasteiger partial charge is 0.396 e. The summed E-state index contributed by atoms with van der Waals surface area (Å²) >= 11 is 0. The predicted octanol–water partition coefficient (Wildman–Crippen LogP) is 2.60. The van der Waals surface area contributed by atoms with Gasteiger partial charge in [-0.05, 0) is 38.0 Å². The average molecular weight is 275 g/mol. The second-order valence-corrected chi connectivity index (χ2v) is 4.32. The Morgan fingerprint density at radius 3 is 2.68 bits per heavy atom. The van der Waals surface area contributed by atoms with Crippen molar-refractivity contribution in [3.63, 3.8) is 0 Å². The molecule has 2 N–H and O–H groups in total. The Morgan fingerprint density at radius 1 is 1.42 bits per heavy atom. The summed E-state index contributed by atoms with van der Waals surface area (Å²) in [5.74, 6) is -0.545. The summed E-state index contributed by atoms with van der Waals surface area (Å²) in [6.45, 7) is 1.75. The summed E-state index contributed by atoms with van der Waals surface area (Å²) in [5, 5.41) is 11.2. The van der Waals surface area contributed by atoms with Crippen LogP contribution in [0.1, 0.15) is 35.7 Å². The van der Waals surface area contributed by atoms with E-state index in [2.05, 4.69) is 5.32 Å². The van der Waals surface area contributed by atoms with Crippen molar-refractivity contribution in [2.24, 2.45) is 0 Å². The van der Waals surface area contributed by atoms with Gasteiger partial charge in [-0.1, -0.05) is 6.07 Å². The molecule has 0 radical (unpaired) electrons. The van der Waals surface area contributed by atoms with Crippen molar-refractivity contribution < 1.29 is 23.1 Å². The highest BCUT2D eigenvalue weighted by atomic mass is 19.4. The molecule has 106 valence electrons. The number of carbonyl (C=O) groups is 1. The zero-order valence-electron chi connectivity index (χ0n) is 10.5. The first kappa shape index (κ1) is 15.5. The van der Waals surface area contributed by atoms with Gasteiger partial charge in [-0.2, -0.15) is 13.2 Å². The number of halogens is 3. The van der Waals surface area contributed by atoms with Gasteiger partial charge in [0.1, 0.15) is 0 Å². The summed E-state index contributed by atoms with van der Waals surface area (Å²) in [5.41, 5.74) is -0.867. The quantitative estimate of drug-likeness (QED) is 0.867. The number of aliphatic hydroxyl groups is 1. The fourth-order valence-electron chi connectivity index (χ4n) is 1.61. The molecule has 0 aliphatic rings. The van der Waals surface area contributed by atoms with E-state index < -0.39 is 17.6 Å². The number of rotatable bonds is 5. The van der Waals surface area contributed by atoms with Gasteiger partial charge in [-0.15, -0.1) is 0 Å². The van der Waals surface area contributed by atoms with Crippen LogP contribution in [0.3, 0.4) is 0 Å². The molecule has 0 saturated heterocycles. The van der Waals surface area contributed by atoms with Gasteiger partial charge in [-0.25, -0.2) is 0 Å². The average Bonchev–Trinajstić information content (AvgIpc) is 2.35. The zero-order valence-corrected chi connectivity index (χ0v) is 10.5. The van der Waals surface area contributed by atoms with Crippen LogP contribution in [0.4, 0.5) is 13.2 Å². The lowest BCUT2D eigenvalue weighted by atomic mass is 10.1. The van der Waals surface area contributed by atoms with Gasteiger partial charge >= 0.3 is 6.18 Å². The van der Waals surface area contributed by atoms with E-state index in [-0.39, 0.29) is 18.2 Å². The van der Waals surface area contributed by atoms with Gasteiger partial charge in [0.15, 0.2) is 0 Å². The van der Waals surface area contributed by atoms with Crippen LogP contribution < -0.4 is 5.32 Å². The van der Waals surface area contributed by atoms with Crippen LogP contribution in [0.25, 0.3) is 0 Å². The predicted molar refractivity (Wildman–Crippen MR) is 64.7 cm³/mol. The van der Waals surface area contributed by atoms with Crippen LogP contribution in [0.2, 0.25) is 0 Å². The van der Waals surface area contributed by atoms with E-state index in [1.807, 2.05) is 0 Å². The van der Waals surface area contributed by atoms with Crippen molar-refractivity contribution in [3.05, 3.63) is 35.4 Å². The Hall–Kier alpha value is -1.56. The number of nitrogens with one attached hydrogen (secondary N) is 1. The van der Waals surface area contributed by atoms with Crippen LogP contribution in [-0.2, 0) is 6.18 Å². The molecule has 1 atom stereocenters. The normalized spacial score (nSPS) is 13.1. The van der Waals surface area contributed by atoms with Crippen LogP contribution in [0.5, 0.6) is 0 Å². The van der Waals surface area contributed by atoms with E-state index in [9.17, 15) is 18.0 Å². The van der Waals surface area contributed by atoms with Crippen molar-refractivity contribution in [2.75, 3.05) is 6.61 Å². The summed E-state index contributed by atoms with van der Waals surface area (Å²) < 4.78 is 37.5. The van der Waals surface area contributed by atoms with Gasteiger partial charge in [-0.3, -0.25) is 4.79 Å². The first-order valence-corrected chi connectivity index (χ1v) is 5.93. The molecule has 0 bridgehead atoms. The maximum atomic E-state index is 12.5. The first-order chi connectivity index (χ1) is 8.84. The first-order valence-electron chi connectivity index (χ1n) is 5.93. The highest BCUT2D eigenvalue weighted by molar-refractivity contribution is 5.94. The molecular weight excluding hydrogens is 259 g/mol. The standard InChI is InChI=1S/C13H16F3NO2/c1-9(4-3-7-18)17-12(19)10-5-2-6-11(8-10)13(14,15)16/h2,5-6,8-9,18H,3-4,7H2,1H3,(H,17,19). The molecule has 1 unspecified atom stereocenters. The Morgan fingerprint density at radius 2 is 2.11 bits per heavy atom. The Balaban J connectivity index is 2.72. The van der Waals surface area contributed by atoms with Crippen molar-refractivity contribution in [2.45, 2.75) is 32.0 Å². The lowest BCUT2D eigenvalue weighted by Gasteiger charge is -2.14. The molecule has 0 spiro atoms. The van der Waals surface area contributed by atoms with E-state index in [1.54, 1.807) is 6.92 Å². The third-order valence-corrected chi connectivity index (χ3v) is 2.62.